The van der Waals surface area contributed by atoms with E-state index >= 15 is 0 Å². The lowest BCUT2D eigenvalue weighted by molar-refractivity contribution is 0.573. The standard InChI is InChI=1S/C6H14NO2S/c1-4-5-7-10(8,9)6(2)3/h6-7H,1,4-5H2,2-3H3. The summed E-state index contributed by atoms with van der Waals surface area (Å²) in [4.78, 5) is 0. The van der Waals surface area contributed by atoms with Gasteiger partial charge in [0.25, 0.3) is 0 Å². The van der Waals surface area contributed by atoms with Crippen molar-refractivity contribution in [3.05, 3.63) is 6.92 Å². The maximum atomic E-state index is 11.0. The van der Waals surface area contributed by atoms with Crippen LogP contribution in [0, 0.1) is 6.92 Å². The minimum absolute atomic E-state index is 0.348. The first-order chi connectivity index (χ1) is 4.50. The maximum absolute atomic E-state index is 11.0. The predicted octanol–water partition coefficient (Wildman–Crippen LogP) is 0.538. The zero-order valence-corrected chi connectivity index (χ0v) is 7.24. The molecular formula is C6H14NO2S. The summed E-state index contributed by atoms with van der Waals surface area (Å²) in [6.07, 6.45) is 0.589. The summed E-state index contributed by atoms with van der Waals surface area (Å²) in [5.74, 6) is 0. The van der Waals surface area contributed by atoms with Crippen LogP contribution in [0.1, 0.15) is 20.3 Å². The van der Waals surface area contributed by atoms with Crippen molar-refractivity contribution in [3.8, 4) is 0 Å². The fourth-order valence-corrected chi connectivity index (χ4v) is 1.14. The van der Waals surface area contributed by atoms with Crippen LogP contribution < -0.4 is 4.72 Å². The van der Waals surface area contributed by atoms with Crippen LogP contribution in [0.4, 0.5) is 0 Å². The van der Waals surface area contributed by atoms with Gasteiger partial charge in [-0.05, 0) is 20.3 Å². The van der Waals surface area contributed by atoms with Gasteiger partial charge >= 0.3 is 0 Å². The Labute approximate surface area is 62.9 Å². The van der Waals surface area contributed by atoms with Crippen molar-refractivity contribution in [1.29, 1.82) is 0 Å². The minimum atomic E-state index is -3.05. The zero-order chi connectivity index (χ0) is 8.20. The highest BCUT2D eigenvalue weighted by molar-refractivity contribution is 7.90. The molecule has 0 bridgehead atoms. The Balaban J connectivity index is 3.90. The molecule has 0 saturated heterocycles. The van der Waals surface area contributed by atoms with Crippen LogP contribution in [-0.2, 0) is 10.0 Å². The summed E-state index contributed by atoms with van der Waals surface area (Å²) in [7, 11) is -3.05. The fourth-order valence-electron chi connectivity index (χ4n) is 0.381. The molecule has 0 heterocycles. The van der Waals surface area contributed by atoms with Gasteiger partial charge in [-0.1, -0.05) is 6.92 Å². The van der Waals surface area contributed by atoms with Crippen LogP contribution in [0.15, 0.2) is 0 Å². The van der Waals surface area contributed by atoms with E-state index in [1.807, 2.05) is 0 Å². The van der Waals surface area contributed by atoms with E-state index in [0.717, 1.165) is 0 Å². The molecular weight excluding hydrogens is 150 g/mol. The molecule has 0 rings (SSSR count). The number of hydrogen-bond donors (Lipinski definition) is 1. The van der Waals surface area contributed by atoms with Gasteiger partial charge in [0.1, 0.15) is 0 Å². The number of nitrogens with one attached hydrogen (secondary N) is 1. The SMILES string of the molecule is [CH2]CCNS(=O)(=O)C(C)C. The Morgan fingerprint density at radius 1 is 1.50 bits per heavy atom. The van der Waals surface area contributed by atoms with E-state index in [2.05, 4.69) is 11.6 Å². The van der Waals surface area contributed by atoms with E-state index in [-0.39, 0.29) is 5.25 Å². The summed E-state index contributed by atoms with van der Waals surface area (Å²) in [5, 5.41) is -0.348. The van der Waals surface area contributed by atoms with Crippen molar-refractivity contribution in [2.24, 2.45) is 0 Å². The molecule has 1 N–H and O–H groups in total. The second-order valence-corrected chi connectivity index (χ2v) is 4.66. The molecule has 10 heavy (non-hydrogen) atoms. The normalized spacial score (nSPS) is 12.4. The van der Waals surface area contributed by atoms with E-state index in [9.17, 15) is 8.42 Å². The summed E-state index contributed by atoms with van der Waals surface area (Å²) < 4.78 is 24.3. The Bertz CT molecular complexity index is 172. The molecule has 4 heteroatoms. The van der Waals surface area contributed by atoms with Crippen molar-refractivity contribution in [2.45, 2.75) is 25.5 Å². The predicted molar refractivity (Wildman–Crippen MR) is 42.0 cm³/mol. The highest BCUT2D eigenvalue weighted by Gasteiger charge is 2.13. The van der Waals surface area contributed by atoms with Gasteiger partial charge in [-0.3, -0.25) is 0 Å². The Hall–Kier alpha value is -0.0900. The quantitative estimate of drug-likeness (QED) is 0.659. The van der Waals surface area contributed by atoms with Crippen LogP contribution in [0.25, 0.3) is 0 Å². The first kappa shape index (κ1) is 9.91. The molecule has 0 aliphatic heterocycles. The summed E-state index contributed by atoms with van der Waals surface area (Å²) in [6.45, 7) is 7.24. The minimum Gasteiger partial charge on any atom is -0.215 e. The third kappa shape index (κ3) is 3.17. The van der Waals surface area contributed by atoms with Gasteiger partial charge in [-0.2, -0.15) is 0 Å². The number of sulfonamides is 1. The van der Waals surface area contributed by atoms with Gasteiger partial charge in [-0.25, -0.2) is 13.1 Å². The molecule has 61 valence electrons. The van der Waals surface area contributed by atoms with E-state index in [4.69, 9.17) is 0 Å². The molecule has 0 amide bonds. The highest BCUT2D eigenvalue weighted by atomic mass is 32.2. The van der Waals surface area contributed by atoms with Crippen LogP contribution in [0.2, 0.25) is 0 Å². The van der Waals surface area contributed by atoms with Gasteiger partial charge in [0.2, 0.25) is 10.0 Å². The van der Waals surface area contributed by atoms with E-state index in [1.165, 1.54) is 0 Å². The summed E-state index contributed by atoms with van der Waals surface area (Å²) in [5.41, 5.74) is 0. The lowest BCUT2D eigenvalue weighted by Gasteiger charge is -2.07. The van der Waals surface area contributed by atoms with Gasteiger partial charge in [0.05, 0.1) is 5.25 Å². The Morgan fingerprint density at radius 3 is 2.30 bits per heavy atom. The highest BCUT2D eigenvalue weighted by Crippen LogP contribution is 1.94. The third-order valence-corrected chi connectivity index (χ3v) is 2.95. The molecule has 1 radical (unpaired) electrons. The lowest BCUT2D eigenvalue weighted by atomic mass is 10.5. The number of rotatable bonds is 4. The van der Waals surface area contributed by atoms with Gasteiger partial charge in [0.15, 0.2) is 0 Å². The Kier molecular flexibility index (Phi) is 3.89. The molecule has 0 atom stereocenters. The van der Waals surface area contributed by atoms with Crippen LogP contribution >= 0.6 is 0 Å². The van der Waals surface area contributed by atoms with E-state index in [0.29, 0.717) is 13.0 Å². The van der Waals surface area contributed by atoms with Gasteiger partial charge < -0.3 is 0 Å². The summed E-state index contributed by atoms with van der Waals surface area (Å²) in [6, 6.07) is 0. The van der Waals surface area contributed by atoms with Gasteiger partial charge in [0, 0.05) is 6.54 Å². The van der Waals surface area contributed by atoms with Gasteiger partial charge in [-0.15, -0.1) is 0 Å². The largest absolute Gasteiger partial charge is 0.215 e. The van der Waals surface area contributed by atoms with Crippen molar-refractivity contribution in [1.82, 2.24) is 4.72 Å². The van der Waals surface area contributed by atoms with E-state index < -0.39 is 10.0 Å². The first-order valence-corrected chi connectivity index (χ1v) is 4.83. The molecule has 0 aliphatic rings. The monoisotopic (exact) mass is 164 g/mol. The molecule has 0 fully saturated rings. The summed E-state index contributed by atoms with van der Waals surface area (Å²) >= 11 is 0. The molecule has 0 aromatic carbocycles. The molecule has 0 aromatic rings. The average molecular weight is 164 g/mol. The smallest absolute Gasteiger partial charge is 0.213 e. The first-order valence-electron chi connectivity index (χ1n) is 3.28. The van der Waals surface area contributed by atoms with E-state index in [1.54, 1.807) is 13.8 Å². The third-order valence-electron chi connectivity index (χ3n) is 1.10. The zero-order valence-electron chi connectivity index (χ0n) is 6.42. The average Bonchev–Trinajstić information content (AvgIpc) is 1.84. The second-order valence-electron chi connectivity index (χ2n) is 2.34. The van der Waals surface area contributed by atoms with Crippen molar-refractivity contribution in [2.75, 3.05) is 6.54 Å². The fraction of sp³-hybridized carbons (Fsp3) is 0.833. The molecule has 0 saturated carbocycles. The topological polar surface area (TPSA) is 46.2 Å². The van der Waals surface area contributed by atoms with Crippen molar-refractivity contribution >= 4 is 10.0 Å². The molecule has 0 unspecified atom stereocenters. The van der Waals surface area contributed by atoms with Crippen LogP contribution in [-0.4, -0.2) is 20.2 Å². The van der Waals surface area contributed by atoms with Crippen molar-refractivity contribution < 1.29 is 8.42 Å². The maximum Gasteiger partial charge on any atom is 0.213 e. The molecule has 0 spiro atoms. The van der Waals surface area contributed by atoms with Crippen molar-refractivity contribution in [3.63, 3.8) is 0 Å². The molecule has 0 aromatic heterocycles. The Morgan fingerprint density at radius 2 is 2.00 bits per heavy atom. The molecule has 3 nitrogen and oxygen atoms in total. The second kappa shape index (κ2) is 3.93. The molecule has 0 aliphatic carbocycles. The lowest BCUT2D eigenvalue weighted by Crippen LogP contribution is -2.31. The van der Waals surface area contributed by atoms with Crippen LogP contribution in [0.3, 0.4) is 0 Å². The number of hydrogen-bond acceptors (Lipinski definition) is 2. The van der Waals surface area contributed by atoms with Crippen LogP contribution in [0.5, 0.6) is 0 Å².